The molecule has 1 amide bonds. The van der Waals surface area contributed by atoms with Gasteiger partial charge in [0.25, 0.3) is 0 Å². The van der Waals surface area contributed by atoms with E-state index in [9.17, 15) is 4.79 Å². The number of hydrogen-bond acceptors (Lipinski definition) is 2. The van der Waals surface area contributed by atoms with E-state index in [-0.39, 0.29) is 12.1 Å². The van der Waals surface area contributed by atoms with Crippen LogP contribution in [0.1, 0.15) is 44.3 Å². The van der Waals surface area contributed by atoms with E-state index in [4.69, 9.17) is 11.6 Å². The SMILES string of the molecule is CCC(CC1CC1)N1C(=O)CNC1c1cccc(Cl)c1. The molecule has 0 bridgehead atoms. The van der Waals surface area contributed by atoms with E-state index >= 15 is 0 Å². The van der Waals surface area contributed by atoms with Gasteiger partial charge in [0, 0.05) is 11.1 Å². The van der Waals surface area contributed by atoms with Gasteiger partial charge in [-0.25, -0.2) is 0 Å². The molecule has 108 valence electrons. The highest BCUT2D eigenvalue weighted by Crippen LogP contribution is 2.38. The Balaban J connectivity index is 1.83. The molecule has 4 heteroatoms. The van der Waals surface area contributed by atoms with E-state index in [2.05, 4.69) is 12.2 Å². The molecule has 1 saturated carbocycles. The Morgan fingerprint density at radius 1 is 1.45 bits per heavy atom. The summed E-state index contributed by atoms with van der Waals surface area (Å²) in [5.74, 6) is 1.04. The maximum Gasteiger partial charge on any atom is 0.238 e. The molecule has 0 aromatic heterocycles. The lowest BCUT2D eigenvalue weighted by Crippen LogP contribution is -2.39. The normalized spacial score (nSPS) is 24.2. The maximum absolute atomic E-state index is 12.3. The summed E-state index contributed by atoms with van der Waals surface area (Å²) in [7, 11) is 0. The Bertz CT molecular complexity index is 501. The quantitative estimate of drug-likeness (QED) is 0.903. The Kier molecular flexibility index (Phi) is 3.99. The third-order valence-electron chi connectivity index (χ3n) is 4.34. The topological polar surface area (TPSA) is 32.3 Å². The van der Waals surface area contributed by atoms with Gasteiger partial charge in [0.2, 0.25) is 5.91 Å². The van der Waals surface area contributed by atoms with Crippen LogP contribution in [0.2, 0.25) is 5.02 Å². The van der Waals surface area contributed by atoms with Crippen molar-refractivity contribution >= 4 is 17.5 Å². The van der Waals surface area contributed by atoms with Gasteiger partial charge in [0.15, 0.2) is 0 Å². The molecular formula is C16H21ClN2O. The Hall–Kier alpha value is -1.06. The van der Waals surface area contributed by atoms with Crippen LogP contribution in [0.25, 0.3) is 0 Å². The molecule has 0 radical (unpaired) electrons. The average molecular weight is 293 g/mol. The van der Waals surface area contributed by atoms with Crippen LogP contribution in [0.4, 0.5) is 0 Å². The van der Waals surface area contributed by atoms with Crippen LogP contribution < -0.4 is 5.32 Å². The van der Waals surface area contributed by atoms with Gasteiger partial charge in [-0.1, -0.05) is 43.5 Å². The van der Waals surface area contributed by atoms with Crippen LogP contribution in [0, 0.1) is 5.92 Å². The van der Waals surface area contributed by atoms with Crippen LogP contribution in [-0.2, 0) is 4.79 Å². The molecule has 1 heterocycles. The zero-order chi connectivity index (χ0) is 14.1. The number of nitrogens with one attached hydrogen (secondary N) is 1. The first-order chi connectivity index (χ1) is 9.69. The van der Waals surface area contributed by atoms with E-state index in [0.29, 0.717) is 12.6 Å². The van der Waals surface area contributed by atoms with Crippen molar-refractivity contribution in [3.63, 3.8) is 0 Å². The summed E-state index contributed by atoms with van der Waals surface area (Å²) < 4.78 is 0. The number of nitrogens with zero attached hydrogens (tertiary/aromatic N) is 1. The second kappa shape index (κ2) is 5.74. The van der Waals surface area contributed by atoms with Crippen molar-refractivity contribution in [2.24, 2.45) is 5.92 Å². The van der Waals surface area contributed by atoms with E-state index in [0.717, 1.165) is 29.3 Å². The summed E-state index contributed by atoms with van der Waals surface area (Å²) in [5.41, 5.74) is 1.08. The third kappa shape index (κ3) is 2.84. The number of halogens is 1. The van der Waals surface area contributed by atoms with Crippen molar-refractivity contribution in [1.82, 2.24) is 10.2 Å². The van der Waals surface area contributed by atoms with Crippen molar-refractivity contribution in [2.75, 3.05) is 6.54 Å². The van der Waals surface area contributed by atoms with Gasteiger partial charge in [-0.3, -0.25) is 10.1 Å². The first kappa shape index (κ1) is 13.9. The first-order valence-electron chi connectivity index (χ1n) is 7.49. The molecule has 1 aliphatic carbocycles. The zero-order valence-corrected chi connectivity index (χ0v) is 12.6. The fourth-order valence-electron chi connectivity index (χ4n) is 3.10. The largest absolute Gasteiger partial charge is 0.319 e. The number of rotatable bonds is 5. The minimum atomic E-state index is -0.0232. The molecule has 1 saturated heterocycles. The molecule has 0 spiro atoms. The van der Waals surface area contributed by atoms with Crippen molar-refractivity contribution in [3.8, 4) is 0 Å². The molecular weight excluding hydrogens is 272 g/mol. The predicted molar refractivity (Wildman–Crippen MR) is 80.5 cm³/mol. The average Bonchev–Trinajstić information content (AvgIpc) is 3.18. The Morgan fingerprint density at radius 2 is 2.25 bits per heavy atom. The van der Waals surface area contributed by atoms with Gasteiger partial charge < -0.3 is 4.90 Å². The smallest absolute Gasteiger partial charge is 0.238 e. The highest BCUT2D eigenvalue weighted by molar-refractivity contribution is 6.30. The molecule has 1 aliphatic heterocycles. The molecule has 20 heavy (non-hydrogen) atoms. The number of carbonyl (C=O) groups is 1. The number of carbonyl (C=O) groups excluding carboxylic acids is 1. The minimum Gasteiger partial charge on any atom is -0.319 e. The summed E-state index contributed by atoms with van der Waals surface area (Å²) in [4.78, 5) is 14.3. The van der Waals surface area contributed by atoms with Crippen LogP contribution in [0.15, 0.2) is 24.3 Å². The standard InChI is InChI=1S/C16H21ClN2O/c1-2-14(8-11-6-7-11)19-15(20)10-18-16(19)12-4-3-5-13(17)9-12/h3-5,9,11,14,16,18H,2,6-8,10H2,1H3. The van der Waals surface area contributed by atoms with Crippen molar-refractivity contribution in [1.29, 1.82) is 0 Å². The van der Waals surface area contributed by atoms with Crippen LogP contribution in [-0.4, -0.2) is 23.4 Å². The number of benzene rings is 1. The number of amides is 1. The fraction of sp³-hybridized carbons (Fsp3) is 0.562. The van der Waals surface area contributed by atoms with Crippen LogP contribution >= 0.6 is 11.6 Å². The van der Waals surface area contributed by atoms with Gasteiger partial charge in [-0.15, -0.1) is 0 Å². The summed E-state index contributed by atoms with van der Waals surface area (Å²) in [6, 6.07) is 8.15. The van der Waals surface area contributed by atoms with Crippen LogP contribution in [0.5, 0.6) is 0 Å². The fourth-order valence-corrected chi connectivity index (χ4v) is 3.30. The molecule has 2 fully saturated rings. The van der Waals surface area contributed by atoms with E-state index in [1.165, 1.54) is 12.8 Å². The van der Waals surface area contributed by atoms with E-state index < -0.39 is 0 Å². The summed E-state index contributed by atoms with van der Waals surface area (Å²) in [6.45, 7) is 2.60. The maximum atomic E-state index is 12.3. The van der Waals surface area contributed by atoms with Gasteiger partial charge in [0.1, 0.15) is 6.17 Å². The van der Waals surface area contributed by atoms with Crippen molar-refractivity contribution in [2.45, 2.75) is 44.8 Å². The second-order valence-electron chi connectivity index (χ2n) is 5.88. The highest BCUT2D eigenvalue weighted by Gasteiger charge is 2.38. The zero-order valence-electron chi connectivity index (χ0n) is 11.8. The minimum absolute atomic E-state index is 0.0232. The molecule has 2 aliphatic rings. The lowest BCUT2D eigenvalue weighted by molar-refractivity contribution is -0.130. The van der Waals surface area contributed by atoms with E-state index in [1.807, 2.05) is 29.2 Å². The molecule has 1 aromatic rings. The van der Waals surface area contributed by atoms with Gasteiger partial charge in [-0.05, 0) is 36.5 Å². The third-order valence-corrected chi connectivity index (χ3v) is 4.58. The second-order valence-corrected chi connectivity index (χ2v) is 6.32. The van der Waals surface area contributed by atoms with Gasteiger partial charge in [-0.2, -0.15) is 0 Å². The molecule has 1 N–H and O–H groups in total. The van der Waals surface area contributed by atoms with Crippen molar-refractivity contribution < 1.29 is 4.79 Å². The molecule has 1 aromatic carbocycles. The Labute approximate surface area is 125 Å². The molecule has 3 rings (SSSR count). The number of hydrogen-bond donors (Lipinski definition) is 1. The summed E-state index contributed by atoms with van der Waals surface area (Å²) >= 11 is 6.08. The van der Waals surface area contributed by atoms with Gasteiger partial charge >= 0.3 is 0 Å². The van der Waals surface area contributed by atoms with Crippen molar-refractivity contribution in [3.05, 3.63) is 34.9 Å². The van der Waals surface area contributed by atoms with Crippen LogP contribution in [0.3, 0.4) is 0 Å². The molecule has 3 nitrogen and oxygen atoms in total. The monoisotopic (exact) mass is 292 g/mol. The Morgan fingerprint density at radius 3 is 2.90 bits per heavy atom. The lowest BCUT2D eigenvalue weighted by Gasteiger charge is -2.32. The molecule has 2 unspecified atom stereocenters. The van der Waals surface area contributed by atoms with E-state index in [1.54, 1.807) is 0 Å². The summed E-state index contributed by atoms with van der Waals surface area (Å²) in [6.07, 6.45) is 4.79. The van der Waals surface area contributed by atoms with Gasteiger partial charge in [0.05, 0.1) is 6.54 Å². The highest BCUT2D eigenvalue weighted by atomic mass is 35.5. The molecule has 2 atom stereocenters. The summed E-state index contributed by atoms with van der Waals surface area (Å²) in [5, 5.41) is 4.05. The lowest BCUT2D eigenvalue weighted by atomic mass is 10.0. The predicted octanol–water partition coefficient (Wildman–Crippen LogP) is 3.35. The first-order valence-corrected chi connectivity index (χ1v) is 7.87.